The van der Waals surface area contributed by atoms with Crippen LogP contribution in [0.3, 0.4) is 0 Å². The molecule has 1 heterocycles. The molecule has 0 fully saturated rings. The number of hydrogen-bond acceptors (Lipinski definition) is 1. The lowest BCUT2D eigenvalue weighted by atomic mass is 10.2. The first-order chi connectivity index (χ1) is 7.02. The zero-order valence-electron chi connectivity index (χ0n) is 7.07. The van der Waals surface area contributed by atoms with Crippen molar-refractivity contribution in [3.63, 3.8) is 0 Å². The van der Waals surface area contributed by atoms with Crippen molar-refractivity contribution in [1.82, 2.24) is 4.98 Å². The first-order valence-electron chi connectivity index (χ1n) is 3.86. The molecule has 0 aliphatic rings. The van der Waals surface area contributed by atoms with Crippen LogP contribution in [0.1, 0.15) is 0 Å². The molecule has 1 aromatic carbocycles. The first-order valence-corrected chi connectivity index (χ1v) is 4.24. The lowest BCUT2D eigenvalue weighted by Crippen LogP contribution is -2.08. The van der Waals surface area contributed by atoms with Crippen LogP contribution in [-0.2, 0) is 0 Å². The van der Waals surface area contributed by atoms with Gasteiger partial charge in [-0.1, -0.05) is 11.6 Å². The highest BCUT2D eigenvalue weighted by Gasteiger charge is 2.16. The molecule has 0 bridgehead atoms. The number of nitrogens with one attached hydrogen (secondary N) is 1. The van der Waals surface area contributed by atoms with Gasteiger partial charge < -0.3 is 4.98 Å². The number of benzene rings is 1. The molecule has 0 radical (unpaired) electrons. The van der Waals surface area contributed by atoms with Gasteiger partial charge in [0, 0.05) is 12.3 Å². The summed E-state index contributed by atoms with van der Waals surface area (Å²) in [4.78, 5) is 13.6. The van der Waals surface area contributed by atoms with Gasteiger partial charge in [0.2, 0.25) is 5.43 Å². The molecule has 0 aliphatic carbocycles. The molecule has 0 amide bonds. The van der Waals surface area contributed by atoms with Crippen LogP contribution < -0.4 is 5.43 Å². The van der Waals surface area contributed by atoms with E-state index < -0.39 is 33.8 Å². The Balaban J connectivity index is 3.12. The van der Waals surface area contributed by atoms with E-state index in [1.165, 1.54) is 0 Å². The van der Waals surface area contributed by atoms with E-state index in [2.05, 4.69) is 4.98 Å². The van der Waals surface area contributed by atoms with E-state index in [-0.39, 0.29) is 5.02 Å². The number of hydrogen-bond donors (Lipinski definition) is 1. The molecule has 0 spiro atoms. The average molecular weight is 234 g/mol. The summed E-state index contributed by atoms with van der Waals surface area (Å²) in [6.07, 6.45) is 1.02. The summed E-state index contributed by atoms with van der Waals surface area (Å²) in [5.41, 5.74) is -1.34. The Bertz CT molecular complexity index is 608. The Hall–Kier alpha value is -1.49. The molecule has 0 saturated carbocycles. The number of H-pyrrole nitrogens is 1. The normalized spacial score (nSPS) is 10.9. The van der Waals surface area contributed by atoms with Gasteiger partial charge in [-0.15, -0.1) is 0 Å². The first kappa shape index (κ1) is 10.0. The Morgan fingerprint density at radius 2 is 1.87 bits per heavy atom. The lowest BCUT2D eigenvalue weighted by molar-refractivity contribution is 0.504. The van der Waals surface area contributed by atoms with Crippen molar-refractivity contribution in [3.05, 3.63) is 45.0 Å². The van der Waals surface area contributed by atoms with Gasteiger partial charge in [-0.3, -0.25) is 4.79 Å². The second kappa shape index (κ2) is 3.27. The van der Waals surface area contributed by atoms with Gasteiger partial charge in [0.15, 0.2) is 17.5 Å². The molecule has 0 saturated heterocycles. The molecule has 1 N–H and O–H groups in total. The minimum Gasteiger partial charge on any atom is -0.357 e. The maximum absolute atomic E-state index is 13.2. The molecule has 15 heavy (non-hydrogen) atoms. The van der Waals surface area contributed by atoms with Crippen LogP contribution in [0.4, 0.5) is 13.2 Å². The van der Waals surface area contributed by atoms with Crippen molar-refractivity contribution < 1.29 is 13.2 Å². The largest absolute Gasteiger partial charge is 0.357 e. The van der Waals surface area contributed by atoms with Crippen LogP contribution in [0.5, 0.6) is 0 Å². The third kappa shape index (κ3) is 1.39. The quantitative estimate of drug-likeness (QED) is 0.697. The van der Waals surface area contributed by atoms with Gasteiger partial charge in [-0.05, 0) is 0 Å². The van der Waals surface area contributed by atoms with E-state index in [9.17, 15) is 18.0 Å². The molecule has 0 atom stereocenters. The molecule has 1 aromatic heterocycles. The van der Waals surface area contributed by atoms with Gasteiger partial charge in [0.05, 0.1) is 10.9 Å². The average Bonchev–Trinajstić information content (AvgIpc) is 2.19. The summed E-state index contributed by atoms with van der Waals surface area (Å²) in [6, 6.07) is 0.363. The van der Waals surface area contributed by atoms with Gasteiger partial charge in [0.1, 0.15) is 5.02 Å². The molecule has 2 rings (SSSR count). The molecule has 0 aliphatic heterocycles. The molecule has 2 nitrogen and oxygen atoms in total. The van der Waals surface area contributed by atoms with Crippen LogP contribution in [0, 0.1) is 17.5 Å². The van der Waals surface area contributed by atoms with Gasteiger partial charge >= 0.3 is 0 Å². The standard InChI is InChI=1S/C9H3ClF3NO/c10-3-2-14-8-5(12)1-4(11)7(13)6(8)9(3)15/h1-2H,(H,14,15). The van der Waals surface area contributed by atoms with Crippen molar-refractivity contribution in [2.24, 2.45) is 0 Å². The zero-order chi connectivity index (χ0) is 11.2. The van der Waals surface area contributed by atoms with E-state index in [4.69, 9.17) is 11.6 Å². The predicted octanol–water partition coefficient (Wildman–Crippen LogP) is 2.60. The van der Waals surface area contributed by atoms with E-state index in [0.717, 1.165) is 6.20 Å². The maximum atomic E-state index is 13.2. The Kier molecular flexibility index (Phi) is 2.19. The van der Waals surface area contributed by atoms with Crippen LogP contribution in [0.2, 0.25) is 5.02 Å². The Labute approximate surface area is 86.3 Å². The zero-order valence-corrected chi connectivity index (χ0v) is 7.83. The number of fused-ring (bicyclic) bond motifs is 1. The van der Waals surface area contributed by atoms with E-state index in [1.807, 2.05) is 0 Å². The van der Waals surface area contributed by atoms with E-state index >= 15 is 0 Å². The van der Waals surface area contributed by atoms with Crippen LogP contribution in [0.15, 0.2) is 17.1 Å². The molecule has 78 valence electrons. The summed E-state index contributed by atoms with van der Waals surface area (Å²) < 4.78 is 39.1. The second-order valence-electron chi connectivity index (χ2n) is 2.87. The highest BCUT2D eigenvalue weighted by atomic mass is 35.5. The lowest BCUT2D eigenvalue weighted by Gasteiger charge is -2.02. The highest BCUT2D eigenvalue weighted by molar-refractivity contribution is 6.31. The number of halogens is 4. The fourth-order valence-electron chi connectivity index (χ4n) is 1.27. The van der Waals surface area contributed by atoms with Gasteiger partial charge in [-0.2, -0.15) is 0 Å². The summed E-state index contributed by atoms with van der Waals surface area (Å²) in [5.74, 6) is -3.87. The second-order valence-corrected chi connectivity index (χ2v) is 3.28. The van der Waals surface area contributed by atoms with Gasteiger partial charge in [0.25, 0.3) is 0 Å². The summed E-state index contributed by atoms with van der Waals surface area (Å²) in [7, 11) is 0. The topological polar surface area (TPSA) is 32.9 Å². The van der Waals surface area contributed by atoms with Crippen molar-refractivity contribution in [2.75, 3.05) is 0 Å². The highest BCUT2D eigenvalue weighted by Crippen LogP contribution is 2.20. The fraction of sp³-hybridized carbons (Fsp3) is 0. The monoisotopic (exact) mass is 233 g/mol. The SMILES string of the molecule is O=c1c(Cl)c[nH]c2c(F)cc(F)c(F)c12. The van der Waals surface area contributed by atoms with Crippen LogP contribution in [-0.4, -0.2) is 4.98 Å². The van der Waals surface area contributed by atoms with Gasteiger partial charge in [-0.25, -0.2) is 13.2 Å². The molecule has 2 aromatic rings. The third-order valence-corrected chi connectivity index (χ3v) is 2.24. The molecular formula is C9H3ClF3NO. The number of pyridine rings is 1. The third-order valence-electron chi connectivity index (χ3n) is 1.96. The number of rotatable bonds is 0. The summed E-state index contributed by atoms with van der Waals surface area (Å²) in [6.45, 7) is 0. The number of aromatic nitrogens is 1. The minimum atomic E-state index is -1.42. The molecule has 0 unspecified atom stereocenters. The summed E-state index contributed by atoms with van der Waals surface area (Å²) in [5, 5.41) is -1.04. The van der Waals surface area contributed by atoms with Crippen molar-refractivity contribution in [3.8, 4) is 0 Å². The van der Waals surface area contributed by atoms with Crippen molar-refractivity contribution in [1.29, 1.82) is 0 Å². The maximum Gasteiger partial charge on any atom is 0.211 e. The van der Waals surface area contributed by atoms with E-state index in [0.29, 0.717) is 6.07 Å². The smallest absolute Gasteiger partial charge is 0.211 e. The number of aromatic amines is 1. The summed E-state index contributed by atoms with van der Waals surface area (Å²) >= 11 is 5.41. The van der Waals surface area contributed by atoms with Crippen LogP contribution in [0.25, 0.3) is 10.9 Å². The molecule has 6 heteroatoms. The Morgan fingerprint density at radius 1 is 1.20 bits per heavy atom. The molecular weight excluding hydrogens is 231 g/mol. The predicted molar refractivity (Wildman–Crippen MR) is 49.5 cm³/mol. The van der Waals surface area contributed by atoms with E-state index in [1.54, 1.807) is 0 Å². The minimum absolute atomic E-state index is 0.327. The fourth-order valence-corrected chi connectivity index (χ4v) is 1.42. The Morgan fingerprint density at radius 3 is 2.53 bits per heavy atom. The van der Waals surface area contributed by atoms with Crippen molar-refractivity contribution >= 4 is 22.5 Å². The van der Waals surface area contributed by atoms with Crippen molar-refractivity contribution in [2.45, 2.75) is 0 Å². The van der Waals surface area contributed by atoms with Crippen LogP contribution >= 0.6 is 11.6 Å².